The van der Waals surface area contributed by atoms with Crippen LogP contribution < -0.4 is 11.1 Å². The number of rotatable bonds is 6. The summed E-state index contributed by atoms with van der Waals surface area (Å²) in [5, 5.41) is 2.96. The van der Waals surface area contributed by atoms with Crippen molar-refractivity contribution >= 4 is 5.91 Å². The van der Waals surface area contributed by atoms with Gasteiger partial charge in [0, 0.05) is 26.2 Å². The summed E-state index contributed by atoms with van der Waals surface area (Å²) >= 11 is 0. The number of benzene rings is 1. The van der Waals surface area contributed by atoms with Crippen LogP contribution >= 0.6 is 0 Å². The Kier molecular flexibility index (Phi) is 5.98. The smallest absolute Gasteiger partial charge is 0.234 e. The number of hydrogen-bond donors (Lipinski definition) is 2. The van der Waals surface area contributed by atoms with Crippen molar-refractivity contribution in [2.24, 2.45) is 5.73 Å². The number of carbonyl (C=O) groups is 1. The lowest BCUT2D eigenvalue weighted by atomic mass is 10.1. The van der Waals surface area contributed by atoms with Gasteiger partial charge < -0.3 is 15.8 Å². The molecule has 1 heterocycles. The number of amides is 1. The fourth-order valence-electron chi connectivity index (χ4n) is 2.32. The molecule has 1 unspecified atom stereocenters. The quantitative estimate of drug-likeness (QED) is 0.768. The molecule has 3 N–H and O–H groups in total. The van der Waals surface area contributed by atoms with Crippen molar-refractivity contribution in [2.45, 2.75) is 12.5 Å². The van der Waals surface area contributed by atoms with Gasteiger partial charge in [-0.25, -0.2) is 0 Å². The fraction of sp³-hybridized carbons (Fsp3) is 0.533. The number of ether oxygens (including phenoxy) is 1. The van der Waals surface area contributed by atoms with Crippen molar-refractivity contribution in [1.82, 2.24) is 10.2 Å². The molecular formula is C15H23N3O2. The minimum absolute atomic E-state index is 0.0564. The van der Waals surface area contributed by atoms with Crippen molar-refractivity contribution in [3.05, 3.63) is 35.9 Å². The monoisotopic (exact) mass is 277 g/mol. The van der Waals surface area contributed by atoms with Crippen LogP contribution in [0.5, 0.6) is 0 Å². The standard InChI is InChI=1S/C15H23N3O2/c16-10-14-11-18(8-9-20-14)12-15(19)17-7-6-13-4-2-1-3-5-13/h1-5,14H,6-12,16H2,(H,17,19). The summed E-state index contributed by atoms with van der Waals surface area (Å²) in [5.41, 5.74) is 6.83. The molecule has 20 heavy (non-hydrogen) atoms. The van der Waals surface area contributed by atoms with Gasteiger partial charge in [-0.1, -0.05) is 30.3 Å². The van der Waals surface area contributed by atoms with Gasteiger partial charge in [-0.3, -0.25) is 9.69 Å². The van der Waals surface area contributed by atoms with Crippen LogP contribution in [0.2, 0.25) is 0 Å². The Hall–Kier alpha value is -1.43. The lowest BCUT2D eigenvalue weighted by molar-refractivity contribution is -0.124. The summed E-state index contributed by atoms with van der Waals surface area (Å²) in [6.45, 7) is 3.79. The zero-order valence-electron chi connectivity index (χ0n) is 11.8. The second-order valence-electron chi connectivity index (χ2n) is 5.05. The summed E-state index contributed by atoms with van der Waals surface area (Å²) in [6.07, 6.45) is 0.919. The van der Waals surface area contributed by atoms with Crippen LogP contribution in [0.3, 0.4) is 0 Å². The third kappa shape index (κ3) is 4.92. The van der Waals surface area contributed by atoms with E-state index in [1.54, 1.807) is 0 Å². The molecule has 0 aliphatic carbocycles. The topological polar surface area (TPSA) is 67.6 Å². The number of nitrogens with two attached hydrogens (primary N) is 1. The maximum atomic E-state index is 11.9. The van der Waals surface area contributed by atoms with Gasteiger partial charge in [0.1, 0.15) is 0 Å². The molecule has 1 atom stereocenters. The molecule has 1 aromatic carbocycles. The first-order valence-corrected chi connectivity index (χ1v) is 7.12. The highest BCUT2D eigenvalue weighted by molar-refractivity contribution is 5.78. The van der Waals surface area contributed by atoms with Gasteiger partial charge in [0.15, 0.2) is 0 Å². The SMILES string of the molecule is NCC1CN(CC(=O)NCCc2ccccc2)CCO1. The lowest BCUT2D eigenvalue weighted by Gasteiger charge is -2.31. The molecule has 110 valence electrons. The third-order valence-corrected chi connectivity index (χ3v) is 3.43. The maximum Gasteiger partial charge on any atom is 0.234 e. The van der Waals surface area contributed by atoms with E-state index >= 15 is 0 Å². The number of nitrogens with zero attached hydrogens (tertiary/aromatic N) is 1. The van der Waals surface area contributed by atoms with E-state index in [4.69, 9.17) is 10.5 Å². The van der Waals surface area contributed by atoms with E-state index in [1.165, 1.54) is 5.56 Å². The highest BCUT2D eigenvalue weighted by Gasteiger charge is 2.20. The fourth-order valence-corrected chi connectivity index (χ4v) is 2.32. The van der Waals surface area contributed by atoms with Crippen molar-refractivity contribution in [1.29, 1.82) is 0 Å². The summed E-state index contributed by atoms with van der Waals surface area (Å²) in [5.74, 6) is 0.0682. The summed E-state index contributed by atoms with van der Waals surface area (Å²) in [7, 11) is 0. The van der Waals surface area contributed by atoms with E-state index < -0.39 is 0 Å². The van der Waals surface area contributed by atoms with Gasteiger partial charge in [-0.05, 0) is 12.0 Å². The minimum atomic E-state index is 0.0564. The normalized spacial score (nSPS) is 19.8. The van der Waals surface area contributed by atoms with Gasteiger partial charge in [-0.15, -0.1) is 0 Å². The Morgan fingerprint density at radius 2 is 2.20 bits per heavy atom. The molecule has 5 nitrogen and oxygen atoms in total. The highest BCUT2D eigenvalue weighted by Crippen LogP contribution is 2.03. The Morgan fingerprint density at radius 3 is 2.95 bits per heavy atom. The first kappa shape index (κ1) is 15.0. The number of morpholine rings is 1. The van der Waals surface area contributed by atoms with Gasteiger partial charge in [0.05, 0.1) is 19.3 Å². The van der Waals surface area contributed by atoms with E-state index in [9.17, 15) is 4.79 Å². The molecule has 1 fully saturated rings. The highest BCUT2D eigenvalue weighted by atomic mass is 16.5. The van der Waals surface area contributed by atoms with E-state index in [0.29, 0.717) is 26.2 Å². The molecule has 0 spiro atoms. The Morgan fingerprint density at radius 1 is 1.40 bits per heavy atom. The Labute approximate surface area is 120 Å². The van der Waals surface area contributed by atoms with Crippen LogP contribution in [0.4, 0.5) is 0 Å². The average molecular weight is 277 g/mol. The zero-order valence-corrected chi connectivity index (χ0v) is 11.8. The third-order valence-electron chi connectivity index (χ3n) is 3.43. The van der Waals surface area contributed by atoms with Crippen molar-refractivity contribution < 1.29 is 9.53 Å². The number of nitrogens with one attached hydrogen (secondary N) is 1. The average Bonchev–Trinajstić information content (AvgIpc) is 2.48. The predicted molar refractivity (Wildman–Crippen MR) is 78.4 cm³/mol. The van der Waals surface area contributed by atoms with Crippen molar-refractivity contribution in [3.63, 3.8) is 0 Å². The Bertz CT molecular complexity index is 411. The van der Waals surface area contributed by atoms with E-state index in [-0.39, 0.29) is 12.0 Å². The summed E-state index contributed by atoms with van der Waals surface area (Å²) in [6, 6.07) is 10.2. The first-order chi connectivity index (χ1) is 9.78. The van der Waals surface area contributed by atoms with Crippen LogP contribution in [0.15, 0.2) is 30.3 Å². The number of carbonyl (C=O) groups excluding carboxylic acids is 1. The molecular weight excluding hydrogens is 254 g/mol. The predicted octanol–water partition coefficient (Wildman–Crippen LogP) is 0.00480. The zero-order chi connectivity index (χ0) is 14.2. The molecule has 5 heteroatoms. The molecule has 0 bridgehead atoms. The van der Waals surface area contributed by atoms with E-state index in [1.807, 2.05) is 18.2 Å². The molecule has 1 aliphatic heterocycles. The molecule has 1 saturated heterocycles. The van der Waals surface area contributed by atoms with Crippen LogP contribution in [0.25, 0.3) is 0 Å². The van der Waals surface area contributed by atoms with Crippen molar-refractivity contribution in [2.75, 3.05) is 39.3 Å². The lowest BCUT2D eigenvalue weighted by Crippen LogP contribution is -2.49. The summed E-state index contributed by atoms with van der Waals surface area (Å²) < 4.78 is 5.48. The number of hydrogen-bond acceptors (Lipinski definition) is 4. The van der Waals surface area contributed by atoms with Crippen LogP contribution in [-0.4, -0.2) is 56.2 Å². The Balaban J connectivity index is 1.65. The van der Waals surface area contributed by atoms with E-state index in [2.05, 4.69) is 22.3 Å². The van der Waals surface area contributed by atoms with Crippen LogP contribution in [0, 0.1) is 0 Å². The minimum Gasteiger partial charge on any atom is -0.374 e. The van der Waals surface area contributed by atoms with Crippen LogP contribution in [0.1, 0.15) is 5.56 Å². The second-order valence-corrected chi connectivity index (χ2v) is 5.05. The van der Waals surface area contributed by atoms with Gasteiger partial charge >= 0.3 is 0 Å². The van der Waals surface area contributed by atoms with Gasteiger partial charge in [0.25, 0.3) is 0 Å². The maximum absolute atomic E-state index is 11.9. The summed E-state index contributed by atoms with van der Waals surface area (Å²) in [4.78, 5) is 14.0. The first-order valence-electron chi connectivity index (χ1n) is 7.12. The molecule has 1 aromatic rings. The molecule has 1 amide bonds. The van der Waals surface area contributed by atoms with Gasteiger partial charge in [0.2, 0.25) is 5.91 Å². The second kappa shape index (κ2) is 7.99. The molecule has 0 saturated carbocycles. The van der Waals surface area contributed by atoms with Crippen molar-refractivity contribution in [3.8, 4) is 0 Å². The van der Waals surface area contributed by atoms with E-state index in [0.717, 1.165) is 19.5 Å². The molecule has 0 aromatic heterocycles. The van der Waals surface area contributed by atoms with Crippen LogP contribution in [-0.2, 0) is 16.0 Å². The molecule has 0 radical (unpaired) electrons. The van der Waals surface area contributed by atoms with Gasteiger partial charge in [-0.2, -0.15) is 0 Å². The largest absolute Gasteiger partial charge is 0.374 e. The molecule has 1 aliphatic rings. The molecule has 2 rings (SSSR count).